The van der Waals surface area contributed by atoms with Gasteiger partial charge in [0.2, 0.25) is 0 Å². The third kappa shape index (κ3) is 2.39. The average molecular weight is 332 g/mol. The van der Waals surface area contributed by atoms with Gasteiger partial charge in [0, 0.05) is 36.6 Å². The van der Waals surface area contributed by atoms with Crippen LogP contribution >= 0.6 is 0 Å². The van der Waals surface area contributed by atoms with Crippen LogP contribution in [0.1, 0.15) is 10.5 Å². The molecule has 4 rings (SSSR count). The highest BCUT2D eigenvalue weighted by molar-refractivity contribution is 6.13. The van der Waals surface area contributed by atoms with Gasteiger partial charge in [0.05, 0.1) is 11.1 Å². The first-order chi connectivity index (χ1) is 12.1. The first-order valence-electron chi connectivity index (χ1n) is 7.88. The molecule has 2 heterocycles. The summed E-state index contributed by atoms with van der Waals surface area (Å²) in [6, 6.07) is 14.7. The molecule has 0 bridgehead atoms. The number of rotatable bonds is 2. The summed E-state index contributed by atoms with van der Waals surface area (Å²) in [6.07, 6.45) is 1.94. The van der Waals surface area contributed by atoms with Gasteiger partial charge in [0.1, 0.15) is 0 Å². The number of carbonyl (C=O) groups excluding carboxylic acids is 1. The van der Waals surface area contributed by atoms with Gasteiger partial charge in [-0.3, -0.25) is 9.59 Å². The highest BCUT2D eigenvalue weighted by atomic mass is 16.2. The molecule has 0 aliphatic carbocycles. The van der Waals surface area contributed by atoms with Crippen molar-refractivity contribution in [3.63, 3.8) is 0 Å². The van der Waals surface area contributed by atoms with Crippen LogP contribution in [-0.4, -0.2) is 20.3 Å². The van der Waals surface area contributed by atoms with E-state index in [-0.39, 0.29) is 17.2 Å². The fourth-order valence-electron chi connectivity index (χ4n) is 3.06. The molecular weight excluding hydrogens is 316 g/mol. The maximum Gasteiger partial charge on any atom is 0.276 e. The van der Waals surface area contributed by atoms with Gasteiger partial charge >= 0.3 is 0 Å². The molecule has 0 radical (unpaired) electrons. The summed E-state index contributed by atoms with van der Waals surface area (Å²) < 4.78 is 3.19. The highest BCUT2D eigenvalue weighted by Crippen LogP contribution is 2.24. The Morgan fingerprint density at radius 3 is 2.52 bits per heavy atom. The van der Waals surface area contributed by atoms with Crippen LogP contribution in [-0.2, 0) is 14.1 Å². The molecule has 0 saturated heterocycles. The lowest BCUT2D eigenvalue weighted by atomic mass is 10.1. The van der Waals surface area contributed by atoms with Gasteiger partial charge in [-0.1, -0.05) is 24.3 Å². The molecule has 0 aliphatic heterocycles. The van der Waals surface area contributed by atoms with Crippen molar-refractivity contribution in [3.8, 4) is 0 Å². The number of aromatic nitrogens is 3. The van der Waals surface area contributed by atoms with E-state index in [1.165, 1.54) is 4.68 Å². The van der Waals surface area contributed by atoms with Crippen molar-refractivity contribution in [2.24, 2.45) is 14.1 Å². The van der Waals surface area contributed by atoms with Crippen molar-refractivity contribution in [1.29, 1.82) is 0 Å². The van der Waals surface area contributed by atoms with Gasteiger partial charge in [0.25, 0.3) is 11.5 Å². The zero-order valence-electron chi connectivity index (χ0n) is 13.9. The standard InChI is InChI=1S/C19H16N4O2/c1-22-11-10-14-15(8-5-9-16(14)22)20-18(24)17-12-6-3-4-7-13(12)19(25)23(2)21-17/h3-11H,1-2H3,(H,20,24). The lowest BCUT2D eigenvalue weighted by Gasteiger charge is -2.10. The zero-order valence-corrected chi connectivity index (χ0v) is 13.9. The average Bonchev–Trinajstić information content (AvgIpc) is 3.00. The summed E-state index contributed by atoms with van der Waals surface area (Å²) >= 11 is 0. The van der Waals surface area contributed by atoms with E-state index in [2.05, 4.69) is 10.4 Å². The van der Waals surface area contributed by atoms with Crippen molar-refractivity contribution in [2.75, 3.05) is 5.32 Å². The SMILES string of the molecule is Cn1nc(C(=O)Nc2cccc3c2ccn3C)c2ccccc2c1=O. The van der Waals surface area contributed by atoms with E-state index in [9.17, 15) is 9.59 Å². The van der Waals surface area contributed by atoms with E-state index < -0.39 is 0 Å². The van der Waals surface area contributed by atoms with E-state index >= 15 is 0 Å². The molecule has 25 heavy (non-hydrogen) atoms. The Morgan fingerprint density at radius 1 is 0.960 bits per heavy atom. The number of hydrogen-bond acceptors (Lipinski definition) is 3. The van der Waals surface area contributed by atoms with Crippen molar-refractivity contribution in [1.82, 2.24) is 14.3 Å². The summed E-state index contributed by atoms with van der Waals surface area (Å²) in [7, 11) is 3.50. The number of amides is 1. The van der Waals surface area contributed by atoms with Crippen LogP contribution in [0.2, 0.25) is 0 Å². The Morgan fingerprint density at radius 2 is 1.72 bits per heavy atom. The second-order valence-corrected chi connectivity index (χ2v) is 5.94. The van der Waals surface area contributed by atoms with Crippen LogP contribution in [0.5, 0.6) is 0 Å². The third-order valence-electron chi connectivity index (χ3n) is 4.35. The van der Waals surface area contributed by atoms with Gasteiger partial charge in [-0.15, -0.1) is 0 Å². The molecule has 4 aromatic rings. The van der Waals surface area contributed by atoms with Gasteiger partial charge in [-0.05, 0) is 24.3 Å². The van der Waals surface area contributed by atoms with Crippen molar-refractivity contribution in [3.05, 3.63) is 70.8 Å². The zero-order chi connectivity index (χ0) is 17.6. The molecule has 0 aliphatic rings. The van der Waals surface area contributed by atoms with E-state index in [4.69, 9.17) is 0 Å². The minimum absolute atomic E-state index is 0.225. The Bertz CT molecular complexity index is 1190. The normalized spacial score (nSPS) is 11.1. The molecule has 2 aromatic heterocycles. The second-order valence-electron chi connectivity index (χ2n) is 5.94. The molecule has 0 saturated carbocycles. The molecular formula is C19H16N4O2. The van der Waals surface area contributed by atoms with Gasteiger partial charge in [-0.2, -0.15) is 5.10 Å². The molecule has 1 N–H and O–H groups in total. The number of fused-ring (bicyclic) bond motifs is 2. The van der Waals surface area contributed by atoms with Crippen molar-refractivity contribution >= 4 is 33.3 Å². The first kappa shape index (κ1) is 15.1. The van der Waals surface area contributed by atoms with Crippen LogP contribution in [0.4, 0.5) is 5.69 Å². The monoisotopic (exact) mass is 332 g/mol. The van der Waals surface area contributed by atoms with E-state index in [1.54, 1.807) is 31.3 Å². The maximum absolute atomic E-state index is 12.8. The summed E-state index contributed by atoms with van der Waals surface area (Å²) in [5.74, 6) is -0.344. The van der Waals surface area contributed by atoms with E-state index in [0.29, 0.717) is 16.5 Å². The van der Waals surface area contributed by atoms with E-state index in [1.807, 2.05) is 42.1 Å². The molecule has 0 spiro atoms. The Hall–Kier alpha value is -3.41. The topological polar surface area (TPSA) is 68.9 Å². The smallest absolute Gasteiger partial charge is 0.276 e. The van der Waals surface area contributed by atoms with Gasteiger partial charge < -0.3 is 9.88 Å². The highest BCUT2D eigenvalue weighted by Gasteiger charge is 2.16. The summed E-state index contributed by atoms with van der Waals surface area (Å²) in [5, 5.41) is 9.06. The lowest BCUT2D eigenvalue weighted by Crippen LogP contribution is -2.25. The number of aryl methyl sites for hydroxylation is 2. The first-order valence-corrected chi connectivity index (χ1v) is 7.88. The quantitative estimate of drug-likeness (QED) is 0.613. The van der Waals surface area contributed by atoms with Gasteiger partial charge in [0.15, 0.2) is 5.69 Å². The molecule has 0 atom stereocenters. The molecule has 6 nitrogen and oxygen atoms in total. The largest absolute Gasteiger partial charge is 0.350 e. The van der Waals surface area contributed by atoms with Crippen LogP contribution in [0.15, 0.2) is 59.5 Å². The molecule has 1 amide bonds. The Labute approximate surface area is 143 Å². The third-order valence-corrected chi connectivity index (χ3v) is 4.35. The van der Waals surface area contributed by atoms with Crippen LogP contribution in [0, 0.1) is 0 Å². The predicted octanol–water partition coefficient (Wildman–Crippen LogP) is 2.68. The number of carbonyl (C=O) groups is 1. The fraction of sp³-hybridized carbons (Fsp3) is 0.105. The Kier molecular flexibility index (Phi) is 3.39. The minimum atomic E-state index is -0.344. The van der Waals surface area contributed by atoms with E-state index in [0.717, 1.165) is 10.9 Å². The number of hydrogen-bond donors (Lipinski definition) is 1. The maximum atomic E-state index is 12.8. The number of nitrogens with zero attached hydrogens (tertiary/aromatic N) is 3. The lowest BCUT2D eigenvalue weighted by molar-refractivity contribution is 0.102. The molecule has 2 aromatic carbocycles. The van der Waals surface area contributed by atoms with Crippen molar-refractivity contribution < 1.29 is 4.79 Å². The summed E-state index contributed by atoms with van der Waals surface area (Å²) in [5.41, 5.74) is 1.74. The Balaban J connectivity index is 1.83. The van der Waals surface area contributed by atoms with Crippen molar-refractivity contribution in [2.45, 2.75) is 0 Å². The minimum Gasteiger partial charge on any atom is -0.350 e. The van der Waals surface area contributed by atoms with Crippen LogP contribution in [0.3, 0.4) is 0 Å². The molecule has 0 fully saturated rings. The predicted molar refractivity (Wildman–Crippen MR) is 97.9 cm³/mol. The number of anilines is 1. The fourth-order valence-corrected chi connectivity index (χ4v) is 3.06. The summed E-state index contributed by atoms with van der Waals surface area (Å²) in [4.78, 5) is 25.1. The van der Waals surface area contributed by atoms with Crippen LogP contribution < -0.4 is 10.9 Å². The second kappa shape index (κ2) is 5.59. The van der Waals surface area contributed by atoms with Gasteiger partial charge in [-0.25, -0.2) is 4.68 Å². The number of benzene rings is 2. The molecule has 124 valence electrons. The summed E-state index contributed by atoms with van der Waals surface area (Å²) in [6.45, 7) is 0. The van der Waals surface area contributed by atoms with Crippen LogP contribution in [0.25, 0.3) is 21.7 Å². The number of nitrogens with one attached hydrogen (secondary N) is 1. The molecule has 0 unspecified atom stereocenters. The molecule has 6 heteroatoms.